The van der Waals surface area contributed by atoms with Crippen LogP contribution in [0.4, 0.5) is 10.7 Å². The van der Waals surface area contributed by atoms with Crippen LogP contribution in [-0.4, -0.2) is 39.2 Å². The molecule has 2 aromatic rings. The van der Waals surface area contributed by atoms with Gasteiger partial charge < -0.3 is 25.6 Å². The number of ether oxygens (including phenoxy) is 1. The number of aromatic nitrogens is 1. The first-order chi connectivity index (χ1) is 13.1. The van der Waals surface area contributed by atoms with Gasteiger partial charge in [0.2, 0.25) is 5.88 Å². The Balaban J connectivity index is 1.66. The average Bonchev–Trinajstić information content (AvgIpc) is 3.04. The van der Waals surface area contributed by atoms with E-state index in [0.29, 0.717) is 16.7 Å². The lowest BCUT2D eigenvalue weighted by Crippen LogP contribution is -2.35. The van der Waals surface area contributed by atoms with Crippen LogP contribution in [-0.2, 0) is 0 Å². The fourth-order valence-corrected chi connectivity index (χ4v) is 3.80. The fourth-order valence-electron chi connectivity index (χ4n) is 3.08. The first-order valence-corrected chi connectivity index (χ1v) is 10.0. The number of benzene rings is 1. The molecule has 0 radical (unpaired) electrons. The van der Waals surface area contributed by atoms with E-state index in [0.717, 1.165) is 35.8 Å². The molecule has 1 heterocycles. The molecular weight excluding hydrogens is 364 g/mol. The third kappa shape index (κ3) is 5.11. The Morgan fingerprint density at radius 3 is 2.67 bits per heavy atom. The SMILES string of the molecule is CC(CO)NC(=N)c1c(O)nsc1Nc1ccc(OC2CCCCC2)cc1. The van der Waals surface area contributed by atoms with E-state index in [-0.39, 0.29) is 24.4 Å². The highest BCUT2D eigenvalue weighted by molar-refractivity contribution is 7.11. The van der Waals surface area contributed by atoms with Gasteiger partial charge in [-0.3, -0.25) is 5.41 Å². The summed E-state index contributed by atoms with van der Waals surface area (Å²) in [7, 11) is 0. The number of aliphatic hydroxyl groups is 1. The van der Waals surface area contributed by atoms with E-state index in [9.17, 15) is 5.11 Å². The summed E-state index contributed by atoms with van der Waals surface area (Å²) in [5.74, 6) is 0.663. The van der Waals surface area contributed by atoms with Crippen molar-refractivity contribution in [2.45, 2.75) is 51.2 Å². The van der Waals surface area contributed by atoms with Crippen molar-refractivity contribution in [3.8, 4) is 11.6 Å². The maximum absolute atomic E-state index is 9.99. The van der Waals surface area contributed by atoms with Crippen LogP contribution in [0.3, 0.4) is 0 Å². The average molecular weight is 391 g/mol. The smallest absolute Gasteiger partial charge is 0.236 e. The molecule has 1 fully saturated rings. The van der Waals surface area contributed by atoms with Gasteiger partial charge in [0.15, 0.2) is 0 Å². The summed E-state index contributed by atoms with van der Waals surface area (Å²) >= 11 is 1.08. The number of hydrogen-bond acceptors (Lipinski definition) is 7. The molecule has 5 N–H and O–H groups in total. The Kier molecular flexibility index (Phi) is 6.52. The zero-order valence-corrected chi connectivity index (χ0v) is 16.2. The molecule has 1 saturated carbocycles. The number of aliphatic hydroxyl groups excluding tert-OH is 1. The second kappa shape index (κ2) is 9.05. The minimum Gasteiger partial charge on any atom is -0.492 e. The normalized spacial score (nSPS) is 15.9. The van der Waals surface area contributed by atoms with Crippen LogP contribution in [0, 0.1) is 5.41 Å². The van der Waals surface area contributed by atoms with Crippen LogP contribution in [0.1, 0.15) is 44.6 Å². The highest BCUT2D eigenvalue weighted by atomic mass is 32.1. The molecular formula is C19H26N4O3S. The summed E-state index contributed by atoms with van der Waals surface area (Å²) in [4.78, 5) is 0. The van der Waals surface area contributed by atoms with Gasteiger partial charge in [0.25, 0.3) is 0 Å². The number of rotatable bonds is 7. The number of nitrogens with one attached hydrogen (secondary N) is 3. The molecule has 7 nitrogen and oxygen atoms in total. The number of aromatic hydroxyl groups is 1. The Bertz CT molecular complexity index is 757. The second-order valence-corrected chi connectivity index (χ2v) is 7.61. The van der Waals surface area contributed by atoms with Gasteiger partial charge in [-0.2, -0.15) is 4.37 Å². The topological polar surface area (TPSA) is 110 Å². The summed E-state index contributed by atoms with van der Waals surface area (Å²) < 4.78 is 9.97. The molecule has 0 aliphatic heterocycles. The van der Waals surface area contributed by atoms with E-state index < -0.39 is 0 Å². The van der Waals surface area contributed by atoms with Gasteiger partial charge in [-0.25, -0.2) is 0 Å². The number of hydrogen-bond donors (Lipinski definition) is 5. The zero-order valence-electron chi connectivity index (χ0n) is 15.4. The summed E-state index contributed by atoms with van der Waals surface area (Å²) in [6, 6.07) is 7.38. The molecule has 3 rings (SSSR count). The third-order valence-corrected chi connectivity index (χ3v) is 5.31. The van der Waals surface area contributed by atoms with Crippen LogP contribution in [0.25, 0.3) is 0 Å². The molecule has 1 aromatic carbocycles. The number of amidine groups is 1. The molecule has 1 aliphatic rings. The minimum atomic E-state index is -0.291. The largest absolute Gasteiger partial charge is 0.492 e. The highest BCUT2D eigenvalue weighted by Crippen LogP contribution is 2.33. The molecule has 1 atom stereocenters. The quantitative estimate of drug-likeness (QED) is 0.365. The molecule has 27 heavy (non-hydrogen) atoms. The Morgan fingerprint density at radius 2 is 2.00 bits per heavy atom. The lowest BCUT2D eigenvalue weighted by atomic mass is 9.98. The zero-order chi connectivity index (χ0) is 19.2. The van der Waals surface area contributed by atoms with Gasteiger partial charge in [0, 0.05) is 11.7 Å². The fraction of sp³-hybridized carbons (Fsp3) is 0.474. The van der Waals surface area contributed by atoms with E-state index in [1.165, 1.54) is 19.3 Å². The van der Waals surface area contributed by atoms with E-state index in [1.54, 1.807) is 6.92 Å². The molecule has 1 unspecified atom stereocenters. The second-order valence-electron chi connectivity index (χ2n) is 6.84. The molecule has 1 aliphatic carbocycles. The molecule has 0 saturated heterocycles. The van der Waals surface area contributed by atoms with Crippen LogP contribution >= 0.6 is 11.5 Å². The molecule has 0 bridgehead atoms. The van der Waals surface area contributed by atoms with E-state index in [4.69, 9.17) is 15.3 Å². The van der Waals surface area contributed by atoms with Crippen LogP contribution in [0.15, 0.2) is 24.3 Å². The summed E-state index contributed by atoms with van der Waals surface area (Å²) in [5.41, 5.74) is 1.11. The summed E-state index contributed by atoms with van der Waals surface area (Å²) in [5, 5.41) is 33.8. The lowest BCUT2D eigenvalue weighted by molar-refractivity contribution is 0.155. The van der Waals surface area contributed by atoms with Gasteiger partial charge in [0.1, 0.15) is 22.1 Å². The maximum atomic E-state index is 9.99. The van der Waals surface area contributed by atoms with Crippen molar-refractivity contribution in [2.75, 3.05) is 11.9 Å². The summed E-state index contributed by atoms with van der Waals surface area (Å²) in [6.07, 6.45) is 6.31. The highest BCUT2D eigenvalue weighted by Gasteiger charge is 2.19. The predicted octanol–water partition coefficient (Wildman–Crippen LogP) is 3.60. The van der Waals surface area contributed by atoms with Gasteiger partial charge in [-0.15, -0.1) is 0 Å². The molecule has 1 aromatic heterocycles. The van der Waals surface area contributed by atoms with Gasteiger partial charge in [-0.1, -0.05) is 6.42 Å². The monoisotopic (exact) mass is 390 g/mol. The van der Waals surface area contributed by atoms with Crippen LogP contribution < -0.4 is 15.4 Å². The third-order valence-electron chi connectivity index (χ3n) is 4.56. The van der Waals surface area contributed by atoms with E-state index >= 15 is 0 Å². The molecule has 8 heteroatoms. The molecule has 0 spiro atoms. The molecule has 0 amide bonds. The Morgan fingerprint density at radius 1 is 1.30 bits per heavy atom. The molecule has 146 valence electrons. The Labute approximate surface area is 163 Å². The maximum Gasteiger partial charge on any atom is 0.236 e. The summed E-state index contributed by atoms with van der Waals surface area (Å²) in [6.45, 7) is 1.65. The van der Waals surface area contributed by atoms with Gasteiger partial charge in [-0.05, 0) is 68.4 Å². The predicted molar refractivity (Wildman–Crippen MR) is 108 cm³/mol. The van der Waals surface area contributed by atoms with Crippen molar-refractivity contribution in [2.24, 2.45) is 0 Å². The van der Waals surface area contributed by atoms with Gasteiger partial charge >= 0.3 is 0 Å². The van der Waals surface area contributed by atoms with Crippen LogP contribution in [0.2, 0.25) is 0 Å². The lowest BCUT2D eigenvalue weighted by Gasteiger charge is -2.23. The first-order valence-electron chi connectivity index (χ1n) is 9.25. The van der Waals surface area contributed by atoms with Crippen LogP contribution in [0.5, 0.6) is 11.6 Å². The van der Waals surface area contributed by atoms with E-state index in [2.05, 4.69) is 15.0 Å². The van der Waals surface area contributed by atoms with Crippen molar-refractivity contribution < 1.29 is 14.9 Å². The first kappa shape index (κ1) is 19.4. The minimum absolute atomic E-state index is 0.0163. The van der Waals surface area contributed by atoms with Crippen molar-refractivity contribution in [3.05, 3.63) is 29.8 Å². The van der Waals surface area contributed by atoms with Crippen molar-refractivity contribution >= 4 is 28.1 Å². The van der Waals surface area contributed by atoms with Crippen molar-refractivity contribution in [1.29, 1.82) is 5.41 Å². The number of anilines is 2. The van der Waals surface area contributed by atoms with Gasteiger partial charge in [0.05, 0.1) is 12.7 Å². The Hall–Kier alpha value is -2.32. The van der Waals surface area contributed by atoms with Crippen molar-refractivity contribution in [1.82, 2.24) is 9.69 Å². The van der Waals surface area contributed by atoms with E-state index in [1.807, 2.05) is 24.3 Å². The number of nitrogens with zero attached hydrogens (tertiary/aromatic N) is 1. The standard InChI is InChI=1S/C19H26N4O3S/c1-12(11-24)21-17(20)16-18(25)23-27-19(16)22-13-7-9-15(10-8-13)26-14-5-3-2-4-6-14/h7-10,12,14,22,24H,2-6,11H2,1H3,(H2,20,21)(H,23,25). The van der Waals surface area contributed by atoms with Crippen molar-refractivity contribution in [3.63, 3.8) is 0 Å².